The predicted molar refractivity (Wildman–Crippen MR) is 63.0 cm³/mol. The number of benzene rings is 1. The van der Waals surface area contributed by atoms with E-state index in [4.69, 9.17) is 5.73 Å². The van der Waals surface area contributed by atoms with Gasteiger partial charge < -0.3 is 5.73 Å². The lowest BCUT2D eigenvalue weighted by Gasteiger charge is -2.25. The monoisotopic (exact) mass is 241 g/mol. The van der Waals surface area contributed by atoms with E-state index in [1.807, 2.05) is 0 Å². The zero-order valence-electron chi connectivity index (χ0n) is 9.06. The van der Waals surface area contributed by atoms with E-state index in [1.165, 1.54) is 6.07 Å². The van der Waals surface area contributed by atoms with Crippen LogP contribution in [0, 0.1) is 5.82 Å². The first kappa shape index (κ1) is 11.7. The van der Waals surface area contributed by atoms with Crippen LogP contribution in [-0.4, -0.2) is 15.5 Å². The first-order valence-corrected chi connectivity index (χ1v) is 6.80. The summed E-state index contributed by atoms with van der Waals surface area (Å²) in [6, 6.07) is 6.55. The molecule has 2 nitrogen and oxygen atoms in total. The molecule has 2 N–H and O–H groups in total. The Morgan fingerprint density at radius 3 is 2.44 bits per heavy atom. The van der Waals surface area contributed by atoms with Crippen molar-refractivity contribution >= 4 is 10.8 Å². The van der Waals surface area contributed by atoms with Gasteiger partial charge >= 0.3 is 0 Å². The van der Waals surface area contributed by atoms with Gasteiger partial charge in [-0.3, -0.25) is 4.21 Å². The normalized spacial score (nSPS) is 27.6. The molecule has 0 aliphatic heterocycles. The van der Waals surface area contributed by atoms with E-state index in [-0.39, 0.29) is 17.1 Å². The Balaban J connectivity index is 2.11. The maximum Gasteiger partial charge on any atom is 0.139 e. The van der Waals surface area contributed by atoms with E-state index in [0.29, 0.717) is 4.90 Å². The summed E-state index contributed by atoms with van der Waals surface area (Å²) in [6.07, 6.45) is 3.46. The van der Waals surface area contributed by atoms with E-state index in [0.717, 1.165) is 25.7 Å². The van der Waals surface area contributed by atoms with Crippen molar-refractivity contribution < 1.29 is 8.60 Å². The molecule has 2 rings (SSSR count). The molecule has 16 heavy (non-hydrogen) atoms. The van der Waals surface area contributed by atoms with E-state index in [9.17, 15) is 8.60 Å². The van der Waals surface area contributed by atoms with Crippen LogP contribution >= 0.6 is 0 Å². The molecule has 4 heteroatoms. The Hall–Kier alpha value is -0.740. The highest BCUT2D eigenvalue weighted by molar-refractivity contribution is 7.85. The zero-order chi connectivity index (χ0) is 11.5. The average Bonchev–Trinajstić information content (AvgIpc) is 2.30. The third-order valence-corrected chi connectivity index (χ3v) is 4.92. The summed E-state index contributed by atoms with van der Waals surface area (Å²) in [5, 5.41) is 0.0664. The average molecular weight is 241 g/mol. The zero-order valence-corrected chi connectivity index (χ0v) is 9.88. The van der Waals surface area contributed by atoms with Gasteiger partial charge in [0.15, 0.2) is 0 Å². The fourth-order valence-electron chi connectivity index (χ4n) is 2.09. The van der Waals surface area contributed by atoms with Gasteiger partial charge in [0.25, 0.3) is 0 Å². The van der Waals surface area contributed by atoms with Gasteiger partial charge in [0.05, 0.1) is 15.7 Å². The maximum atomic E-state index is 13.5. The van der Waals surface area contributed by atoms with Gasteiger partial charge in [0.2, 0.25) is 0 Å². The van der Waals surface area contributed by atoms with Gasteiger partial charge in [-0.1, -0.05) is 12.1 Å². The van der Waals surface area contributed by atoms with E-state index in [1.54, 1.807) is 18.2 Å². The fraction of sp³-hybridized carbons (Fsp3) is 0.500. The number of halogens is 1. The molecule has 0 heterocycles. The number of nitrogens with two attached hydrogens (primary N) is 1. The summed E-state index contributed by atoms with van der Waals surface area (Å²) in [4.78, 5) is 0.336. The summed E-state index contributed by atoms with van der Waals surface area (Å²) >= 11 is 0. The van der Waals surface area contributed by atoms with Crippen LogP contribution in [0.15, 0.2) is 29.2 Å². The lowest BCUT2D eigenvalue weighted by molar-refractivity contribution is 0.443. The molecule has 0 amide bonds. The Morgan fingerprint density at radius 2 is 1.81 bits per heavy atom. The van der Waals surface area contributed by atoms with Crippen molar-refractivity contribution in [2.75, 3.05) is 0 Å². The molecule has 0 saturated heterocycles. The van der Waals surface area contributed by atoms with Gasteiger partial charge in [0.1, 0.15) is 5.82 Å². The Morgan fingerprint density at radius 1 is 1.19 bits per heavy atom. The van der Waals surface area contributed by atoms with Crippen LogP contribution < -0.4 is 5.73 Å². The number of rotatable bonds is 2. The van der Waals surface area contributed by atoms with Crippen molar-refractivity contribution in [3.63, 3.8) is 0 Å². The second-order valence-electron chi connectivity index (χ2n) is 4.26. The third kappa shape index (κ3) is 2.50. The Labute approximate surface area is 97.5 Å². The van der Waals surface area contributed by atoms with Crippen molar-refractivity contribution in [3.8, 4) is 0 Å². The molecule has 0 radical (unpaired) electrons. The fourth-order valence-corrected chi connectivity index (χ4v) is 3.62. The first-order valence-electron chi connectivity index (χ1n) is 5.59. The Bertz CT molecular complexity index is 388. The van der Waals surface area contributed by atoms with E-state index >= 15 is 0 Å². The van der Waals surface area contributed by atoms with Gasteiger partial charge in [-0.25, -0.2) is 4.39 Å². The van der Waals surface area contributed by atoms with Crippen molar-refractivity contribution in [2.24, 2.45) is 5.73 Å². The highest BCUT2D eigenvalue weighted by Crippen LogP contribution is 2.26. The summed E-state index contributed by atoms with van der Waals surface area (Å²) in [5.74, 6) is -0.365. The van der Waals surface area contributed by atoms with Crippen LogP contribution in [0.5, 0.6) is 0 Å². The van der Waals surface area contributed by atoms with Crippen LogP contribution in [-0.2, 0) is 10.8 Å². The summed E-state index contributed by atoms with van der Waals surface area (Å²) in [5.41, 5.74) is 5.79. The standard InChI is InChI=1S/C12H16FNOS/c13-11-3-1-2-4-12(11)16(15)10-7-5-9(14)6-8-10/h1-4,9-10H,5-8,14H2. The number of hydrogen-bond donors (Lipinski definition) is 1. The second kappa shape index (κ2) is 5.06. The smallest absolute Gasteiger partial charge is 0.139 e. The van der Waals surface area contributed by atoms with Gasteiger partial charge in [0, 0.05) is 11.3 Å². The molecule has 1 aromatic rings. The molecule has 0 spiro atoms. The molecular weight excluding hydrogens is 225 g/mol. The summed E-state index contributed by atoms with van der Waals surface area (Å²) < 4.78 is 25.6. The largest absolute Gasteiger partial charge is 0.328 e. The van der Waals surface area contributed by atoms with Crippen LogP contribution in [0.2, 0.25) is 0 Å². The van der Waals surface area contributed by atoms with Gasteiger partial charge in [-0.15, -0.1) is 0 Å². The molecule has 1 fully saturated rings. The maximum absolute atomic E-state index is 13.5. The van der Waals surface area contributed by atoms with Crippen molar-refractivity contribution in [3.05, 3.63) is 30.1 Å². The topological polar surface area (TPSA) is 43.1 Å². The molecule has 1 unspecified atom stereocenters. The SMILES string of the molecule is NC1CCC(S(=O)c2ccccc2F)CC1. The summed E-state index contributed by atoms with van der Waals surface area (Å²) in [7, 11) is -1.23. The second-order valence-corrected chi connectivity index (χ2v) is 5.97. The van der Waals surface area contributed by atoms with Crippen LogP contribution in [0.4, 0.5) is 4.39 Å². The molecule has 1 aromatic carbocycles. The van der Waals surface area contributed by atoms with Crippen molar-refractivity contribution in [1.29, 1.82) is 0 Å². The molecule has 0 bridgehead atoms. The third-order valence-electron chi connectivity index (χ3n) is 3.08. The van der Waals surface area contributed by atoms with Crippen molar-refractivity contribution in [2.45, 2.75) is 41.9 Å². The number of hydrogen-bond acceptors (Lipinski definition) is 2. The molecular formula is C12H16FNOS. The minimum Gasteiger partial charge on any atom is -0.328 e. The van der Waals surface area contributed by atoms with Gasteiger partial charge in [-0.2, -0.15) is 0 Å². The Kier molecular flexibility index (Phi) is 3.71. The van der Waals surface area contributed by atoms with E-state index < -0.39 is 10.8 Å². The van der Waals surface area contributed by atoms with Gasteiger partial charge in [-0.05, 0) is 37.8 Å². The predicted octanol–water partition coefficient (Wildman–Crippen LogP) is 2.20. The van der Waals surface area contributed by atoms with Crippen LogP contribution in [0.1, 0.15) is 25.7 Å². The molecule has 1 atom stereocenters. The highest BCUT2D eigenvalue weighted by atomic mass is 32.2. The molecule has 1 saturated carbocycles. The van der Waals surface area contributed by atoms with Crippen molar-refractivity contribution in [1.82, 2.24) is 0 Å². The van der Waals surface area contributed by atoms with E-state index in [2.05, 4.69) is 0 Å². The first-order chi connectivity index (χ1) is 7.68. The molecule has 0 aromatic heterocycles. The van der Waals surface area contributed by atoms with Crippen LogP contribution in [0.3, 0.4) is 0 Å². The lowest BCUT2D eigenvalue weighted by atomic mass is 9.96. The van der Waals surface area contributed by atoms with Crippen LogP contribution in [0.25, 0.3) is 0 Å². The molecule has 1 aliphatic carbocycles. The highest BCUT2D eigenvalue weighted by Gasteiger charge is 2.25. The lowest BCUT2D eigenvalue weighted by Crippen LogP contribution is -2.31. The quantitative estimate of drug-likeness (QED) is 0.862. The minimum absolute atomic E-state index is 0.0664. The molecule has 88 valence electrons. The molecule has 1 aliphatic rings. The minimum atomic E-state index is -1.23. The summed E-state index contributed by atoms with van der Waals surface area (Å²) in [6.45, 7) is 0.